The fourth-order valence-corrected chi connectivity index (χ4v) is 2.07. The van der Waals surface area contributed by atoms with E-state index in [2.05, 4.69) is 16.6 Å². The van der Waals surface area contributed by atoms with E-state index in [-0.39, 0.29) is 0 Å². The predicted molar refractivity (Wildman–Crippen MR) is 58.1 cm³/mol. The van der Waals surface area contributed by atoms with Gasteiger partial charge in [-0.25, -0.2) is 0 Å². The average molecular weight is 209 g/mol. The van der Waals surface area contributed by atoms with Gasteiger partial charge >= 0.3 is 0 Å². The fraction of sp³-hybridized carbons (Fsp3) is 0.727. The molecule has 1 saturated carbocycles. The Morgan fingerprint density at radius 2 is 2.27 bits per heavy atom. The van der Waals surface area contributed by atoms with Gasteiger partial charge in [0.15, 0.2) is 0 Å². The van der Waals surface area contributed by atoms with Crippen LogP contribution in [-0.4, -0.2) is 15.9 Å². The number of aryl methyl sites for hydroxylation is 2. The van der Waals surface area contributed by atoms with Gasteiger partial charge in [0, 0.05) is 7.05 Å². The largest absolute Gasteiger partial charge is 0.298 e. The average Bonchev–Trinajstić information content (AvgIpc) is 2.77. The Morgan fingerprint density at radius 3 is 2.87 bits per heavy atom. The van der Waals surface area contributed by atoms with Gasteiger partial charge in [0.05, 0.1) is 24.0 Å². The topological polar surface area (TPSA) is 39.1 Å². The molecule has 1 aromatic heterocycles. The number of hydrogen-bond acceptors (Lipinski definition) is 3. The maximum absolute atomic E-state index is 5.58. The van der Waals surface area contributed by atoms with Crippen LogP contribution in [0.5, 0.6) is 0 Å². The van der Waals surface area contributed by atoms with Crippen molar-refractivity contribution in [2.75, 3.05) is 0 Å². The zero-order valence-corrected chi connectivity index (χ0v) is 9.49. The number of nitrogens with zero attached hydrogens (tertiary/aromatic N) is 2. The Labute approximate surface area is 90.6 Å². The van der Waals surface area contributed by atoms with Gasteiger partial charge in [0.25, 0.3) is 0 Å². The Balaban J connectivity index is 1.75. The van der Waals surface area contributed by atoms with Crippen LogP contribution in [0, 0.1) is 6.92 Å². The quantitative estimate of drug-likeness (QED) is 0.767. The van der Waals surface area contributed by atoms with Crippen molar-refractivity contribution in [1.29, 1.82) is 0 Å². The van der Waals surface area contributed by atoms with Crippen molar-refractivity contribution in [3.05, 3.63) is 17.5 Å². The van der Waals surface area contributed by atoms with E-state index in [1.165, 1.54) is 25.7 Å². The van der Waals surface area contributed by atoms with Crippen LogP contribution in [0.15, 0.2) is 6.07 Å². The monoisotopic (exact) mass is 209 g/mol. The van der Waals surface area contributed by atoms with Crippen molar-refractivity contribution in [2.24, 2.45) is 7.05 Å². The highest BCUT2D eigenvalue weighted by molar-refractivity contribution is 5.07. The Kier molecular flexibility index (Phi) is 3.38. The summed E-state index contributed by atoms with van der Waals surface area (Å²) in [5, 5.41) is 4.28. The van der Waals surface area contributed by atoms with Crippen molar-refractivity contribution in [1.82, 2.24) is 15.3 Å². The summed E-state index contributed by atoms with van der Waals surface area (Å²) in [6, 6.07) is 2.07. The molecule has 1 N–H and O–H groups in total. The molecule has 4 heteroatoms. The summed E-state index contributed by atoms with van der Waals surface area (Å²) in [5.41, 5.74) is 5.25. The molecule has 0 saturated heterocycles. The first-order chi connectivity index (χ1) is 7.25. The summed E-state index contributed by atoms with van der Waals surface area (Å²) in [4.78, 5) is 5.58. The molecule has 15 heavy (non-hydrogen) atoms. The van der Waals surface area contributed by atoms with Gasteiger partial charge in [-0.1, -0.05) is 12.8 Å². The van der Waals surface area contributed by atoms with Crippen LogP contribution in [0.4, 0.5) is 0 Å². The molecule has 2 rings (SSSR count). The van der Waals surface area contributed by atoms with E-state index in [1.807, 2.05) is 18.7 Å². The highest BCUT2D eigenvalue weighted by atomic mass is 16.7. The van der Waals surface area contributed by atoms with Crippen LogP contribution in [0.2, 0.25) is 0 Å². The normalized spacial score (nSPS) is 17.5. The minimum Gasteiger partial charge on any atom is -0.298 e. The molecule has 0 bridgehead atoms. The second kappa shape index (κ2) is 4.77. The van der Waals surface area contributed by atoms with Crippen LogP contribution < -0.4 is 5.48 Å². The van der Waals surface area contributed by atoms with E-state index < -0.39 is 0 Å². The van der Waals surface area contributed by atoms with Gasteiger partial charge in [-0.2, -0.15) is 10.6 Å². The fourth-order valence-electron chi connectivity index (χ4n) is 2.07. The van der Waals surface area contributed by atoms with E-state index in [9.17, 15) is 0 Å². The minimum absolute atomic E-state index is 0.416. The third-order valence-corrected chi connectivity index (χ3v) is 2.90. The number of rotatable bonds is 4. The first kappa shape index (κ1) is 10.6. The molecule has 0 amide bonds. The van der Waals surface area contributed by atoms with Crippen molar-refractivity contribution in [3.8, 4) is 0 Å². The minimum atomic E-state index is 0.416. The van der Waals surface area contributed by atoms with Crippen molar-refractivity contribution < 1.29 is 4.84 Å². The first-order valence-electron chi connectivity index (χ1n) is 5.64. The smallest absolute Gasteiger partial charge is 0.0790 e. The molecule has 0 aromatic carbocycles. The van der Waals surface area contributed by atoms with Gasteiger partial charge in [0.1, 0.15) is 0 Å². The molecule has 0 radical (unpaired) electrons. The van der Waals surface area contributed by atoms with Crippen LogP contribution in [-0.2, 0) is 18.4 Å². The Morgan fingerprint density at radius 1 is 1.53 bits per heavy atom. The Hall–Kier alpha value is -0.870. The molecule has 1 heterocycles. The molecular formula is C11H19N3O. The lowest BCUT2D eigenvalue weighted by molar-refractivity contribution is -0.0253. The summed E-state index contributed by atoms with van der Waals surface area (Å²) in [6.07, 6.45) is 5.41. The van der Waals surface area contributed by atoms with Crippen molar-refractivity contribution >= 4 is 0 Å². The van der Waals surface area contributed by atoms with Gasteiger partial charge in [-0.05, 0) is 25.8 Å². The second-order valence-corrected chi connectivity index (χ2v) is 4.25. The third-order valence-electron chi connectivity index (χ3n) is 2.90. The molecule has 1 aliphatic carbocycles. The molecule has 84 valence electrons. The summed E-state index contributed by atoms with van der Waals surface area (Å²) >= 11 is 0. The Bertz CT molecular complexity index is 316. The standard InChI is InChI=1S/C11H19N3O/c1-9-7-10(14(2)13-9)8-12-15-11-5-3-4-6-11/h7,11-12H,3-6,8H2,1-2H3. The van der Waals surface area contributed by atoms with Gasteiger partial charge in [-0.15, -0.1) is 0 Å². The van der Waals surface area contributed by atoms with Crippen LogP contribution >= 0.6 is 0 Å². The lowest BCUT2D eigenvalue weighted by Gasteiger charge is -2.11. The molecule has 0 atom stereocenters. The SMILES string of the molecule is Cc1cc(CNOC2CCCC2)n(C)n1. The summed E-state index contributed by atoms with van der Waals surface area (Å²) in [7, 11) is 1.96. The van der Waals surface area contributed by atoms with Crippen LogP contribution in [0.1, 0.15) is 37.1 Å². The zero-order chi connectivity index (χ0) is 10.7. The highest BCUT2D eigenvalue weighted by Crippen LogP contribution is 2.19. The molecule has 0 aliphatic heterocycles. The number of nitrogens with one attached hydrogen (secondary N) is 1. The van der Waals surface area contributed by atoms with E-state index in [0.717, 1.165) is 17.9 Å². The molecule has 4 nitrogen and oxygen atoms in total. The molecule has 0 spiro atoms. The van der Waals surface area contributed by atoms with Crippen LogP contribution in [0.3, 0.4) is 0 Å². The summed E-state index contributed by atoms with van der Waals surface area (Å²) in [6.45, 7) is 2.73. The second-order valence-electron chi connectivity index (χ2n) is 4.25. The lowest BCUT2D eigenvalue weighted by Crippen LogP contribution is -2.22. The van der Waals surface area contributed by atoms with E-state index in [1.54, 1.807) is 0 Å². The first-order valence-corrected chi connectivity index (χ1v) is 5.64. The number of hydroxylamine groups is 1. The van der Waals surface area contributed by atoms with Crippen molar-refractivity contribution in [3.63, 3.8) is 0 Å². The molecule has 0 unspecified atom stereocenters. The molecule has 1 aliphatic rings. The maximum atomic E-state index is 5.58. The van der Waals surface area contributed by atoms with E-state index >= 15 is 0 Å². The molecule has 1 aromatic rings. The molecule has 1 fully saturated rings. The zero-order valence-electron chi connectivity index (χ0n) is 9.49. The summed E-state index contributed by atoms with van der Waals surface area (Å²) in [5.74, 6) is 0. The van der Waals surface area contributed by atoms with E-state index in [0.29, 0.717) is 6.10 Å². The summed E-state index contributed by atoms with van der Waals surface area (Å²) < 4.78 is 1.89. The van der Waals surface area contributed by atoms with Gasteiger partial charge in [0.2, 0.25) is 0 Å². The number of hydrogen-bond donors (Lipinski definition) is 1. The van der Waals surface area contributed by atoms with Gasteiger partial charge in [-0.3, -0.25) is 9.52 Å². The third kappa shape index (κ3) is 2.79. The van der Waals surface area contributed by atoms with Crippen LogP contribution in [0.25, 0.3) is 0 Å². The van der Waals surface area contributed by atoms with Crippen molar-refractivity contribution in [2.45, 2.75) is 45.3 Å². The predicted octanol–water partition coefficient (Wildman–Crippen LogP) is 1.69. The number of aromatic nitrogens is 2. The maximum Gasteiger partial charge on any atom is 0.0790 e. The lowest BCUT2D eigenvalue weighted by atomic mass is 10.3. The van der Waals surface area contributed by atoms with Gasteiger partial charge < -0.3 is 0 Å². The molecular weight excluding hydrogens is 190 g/mol. The highest BCUT2D eigenvalue weighted by Gasteiger charge is 2.15. The van der Waals surface area contributed by atoms with E-state index in [4.69, 9.17) is 4.84 Å².